The molecule has 0 bridgehead atoms. The molecule has 4 heterocycles. The van der Waals surface area contributed by atoms with Crippen molar-refractivity contribution in [1.29, 1.82) is 0 Å². The van der Waals surface area contributed by atoms with Crippen molar-refractivity contribution in [2.45, 2.75) is 6.18 Å². The van der Waals surface area contributed by atoms with Crippen molar-refractivity contribution in [1.82, 2.24) is 25.4 Å². The molecular formula is C27H23F3N8O3. The van der Waals surface area contributed by atoms with E-state index in [4.69, 9.17) is 4.74 Å². The Hall–Kier alpha value is -5.21. The van der Waals surface area contributed by atoms with Crippen LogP contribution in [0.25, 0.3) is 11.2 Å². The Kier molecular flexibility index (Phi) is 7.67. The van der Waals surface area contributed by atoms with Gasteiger partial charge in [-0.1, -0.05) is 6.07 Å². The number of nitrogens with one attached hydrogen (secondary N) is 2. The van der Waals surface area contributed by atoms with Gasteiger partial charge in [0.1, 0.15) is 12.4 Å². The van der Waals surface area contributed by atoms with Crippen molar-refractivity contribution in [3.8, 4) is 5.75 Å². The number of aromatic amines is 1. The van der Waals surface area contributed by atoms with Gasteiger partial charge >= 0.3 is 6.18 Å². The van der Waals surface area contributed by atoms with Crippen LogP contribution in [0.5, 0.6) is 5.75 Å². The summed E-state index contributed by atoms with van der Waals surface area (Å²) in [5.74, 6) is 1.36. The highest BCUT2D eigenvalue weighted by Gasteiger charge is 2.31. The Morgan fingerprint density at radius 1 is 1.02 bits per heavy atom. The monoisotopic (exact) mass is 564 g/mol. The number of imidazole rings is 1. The predicted molar refractivity (Wildman–Crippen MR) is 145 cm³/mol. The van der Waals surface area contributed by atoms with Gasteiger partial charge in [-0.3, -0.25) is 15.9 Å². The average Bonchev–Trinajstić information content (AvgIpc) is 3.61. The summed E-state index contributed by atoms with van der Waals surface area (Å²) < 4.78 is 42.7. The van der Waals surface area contributed by atoms with Gasteiger partial charge in [-0.15, -0.1) is 0 Å². The van der Waals surface area contributed by atoms with E-state index < -0.39 is 11.7 Å². The summed E-state index contributed by atoms with van der Waals surface area (Å²) in [5.41, 5.74) is 5.20. The zero-order valence-electron chi connectivity index (χ0n) is 21.4. The lowest BCUT2D eigenvalue weighted by molar-refractivity contribution is -0.137. The number of hydrogen-bond acceptors (Lipinski definition) is 9. The van der Waals surface area contributed by atoms with Crippen molar-refractivity contribution in [2.75, 3.05) is 23.7 Å². The Balaban J connectivity index is 0.000000165. The molecule has 1 aliphatic heterocycles. The first-order chi connectivity index (χ1) is 19.8. The van der Waals surface area contributed by atoms with E-state index in [2.05, 4.69) is 30.4 Å². The molecule has 0 unspecified atom stereocenters. The zero-order valence-corrected chi connectivity index (χ0v) is 21.4. The molecule has 6 rings (SSSR count). The van der Waals surface area contributed by atoms with E-state index in [-0.39, 0.29) is 6.67 Å². The zero-order chi connectivity index (χ0) is 29.0. The SMILES string of the molecule is COc1cccc(N=C(NO)c2ccnc3nc[nH]c23)c1.ON1CN(c2ccc(C(F)(F)F)cc2)c2cccnc21. The molecule has 0 amide bonds. The number of nitrogens with zero attached hydrogens (tertiary/aromatic N) is 6. The lowest BCUT2D eigenvalue weighted by atomic mass is 10.2. The number of pyridine rings is 2. The van der Waals surface area contributed by atoms with E-state index >= 15 is 0 Å². The van der Waals surface area contributed by atoms with E-state index in [0.29, 0.717) is 51.2 Å². The van der Waals surface area contributed by atoms with Gasteiger partial charge in [0.25, 0.3) is 0 Å². The van der Waals surface area contributed by atoms with Gasteiger partial charge in [0.2, 0.25) is 0 Å². The van der Waals surface area contributed by atoms with Crippen LogP contribution in [0, 0.1) is 0 Å². The third kappa shape index (κ3) is 5.88. The number of alkyl halides is 3. The van der Waals surface area contributed by atoms with E-state index in [1.54, 1.807) is 48.8 Å². The number of hydrogen-bond donors (Lipinski definition) is 4. The number of aromatic nitrogens is 4. The van der Waals surface area contributed by atoms with Gasteiger partial charge < -0.3 is 14.6 Å². The van der Waals surface area contributed by atoms with E-state index in [0.717, 1.165) is 17.2 Å². The summed E-state index contributed by atoms with van der Waals surface area (Å²) in [6, 6.07) is 17.2. The highest BCUT2D eigenvalue weighted by Crippen LogP contribution is 2.39. The van der Waals surface area contributed by atoms with Crippen LogP contribution in [0.4, 0.5) is 36.1 Å². The molecule has 2 aromatic carbocycles. The van der Waals surface area contributed by atoms with Crippen LogP contribution >= 0.6 is 0 Å². The van der Waals surface area contributed by atoms with Crippen molar-refractivity contribution < 1.29 is 28.3 Å². The minimum absolute atomic E-state index is 0.123. The fraction of sp³-hybridized carbons (Fsp3) is 0.111. The van der Waals surface area contributed by atoms with Gasteiger partial charge in [0.15, 0.2) is 17.3 Å². The number of amidine groups is 1. The molecule has 0 saturated carbocycles. The van der Waals surface area contributed by atoms with Crippen molar-refractivity contribution in [2.24, 2.45) is 4.99 Å². The predicted octanol–water partition coefficient (Wildman–Crippen LogP) is 5.43. The molecule has 5 aromatic rings. The molecule has 0 aliphatic carbocycles. The third-order valence-electron chi connectivity index (χ3n) is 6.06. The number of H-pyrrole nitrogens is 1. The number of ether oxygens (including phenoxy) is 1. The number of hydroxylamine groups is 2. The first kappa shape index (κ1) is 27.4. The third-order valence-corrected chi connectivity index (χ3v) is 6.06. The lowest BCUT2D eigenvalue weighted by Crippen LogP contribution is -2.24. The number of fused-ring (bicyclic) bond motifs is 2. The summed E-state index contributed by atoms with van der Waals surface area (Å²) in [7, 11) is 1.59. The van der Waals surface area contributed by atoms with Crippen LogP contribution in [0.3, 0.4) is 0 Å². The van der Waals surface area contributed by atoms with Crippen molar-refractivity contribution >= 4 is 39.9 Å². The fourth-order valence-electron chi connectivity index (χ4n) is 4.13. The maximum Gasteiger partial charge on any atom is 0.416 e. The summed E-state index contributed by atoms with van der Waals surface area (Å²) >= 11 is 0. The largest absolute Gasteiger partial charge is 0.497 e. The van der Waals surface area contributed by atoms with Gasteiger partial charge in [0, 0.05) is 29.7 Å². The normalized spacial score (nSPS) is 13.1. The smallest absolute Gasteiger partial charge is 0.416 e. The molecule has 1 aliphatic rings. The quantitative estimate of drug-likeness (QED) is 0.128. The summed E-state index contributed by atoms with van der Waals surface area (Å²) in [4.78, 5) is 21.3. The van der Waals surface area contributed by atoms with Crippen LogP contribution in [-0.2, 0) is 6.18 Å². The van der Waals surface area contributed by atoms with Crippen LogP contribution in [-0.4, -0.2) is 50.0 Å². The molecular weight excluding hydrogens is 541 g/mol. The van der Waals surface area contributed by atoms with Gasteiger partial charge in [-0.2, -0.15) is 13.2 Å². The standard InChI is InChI=1S/C14H13N5O2.C13H10F3N3O/c1-21-10-4-2-3-9(7-10)18-13(19-20)11-5-6-15-14-12(11)16-8-17-14;14-13(15,16)9-3-5-10(6-4-9)18-8-19(20)12-11(18)2-1-7-17-12/h2-8,20H,1H3,(H,18,19)(H,15,16,17);1-7,20H,8H2. The maximum atomic E-state index is 12.5. The van der Waals surface area contributed by atoms with E-state index in [1.807, 2.05) is 18.2 Å². The van der Waals surface area contributed by atoms with Crippen molar-refractivity contribution in [3.05, 3.63) is 96.6 Å². The average molecular weight is 565 g/mol. The number of rotatable bonds is 4. The summed E-state index contributed by atoms with van der Waals surface area (Å²) in [6.45, 7) is 0.123. The highest BCUT2D eigenvalue weighted by molar-refractivity contribution is 6.07. The van der Waals surface area contributed by atoms with Crippen LogP contribution < -0.4 is 20.2 Å². The molecule has 11 nitrogen and oxygen atoms in total. The molecule has 0 atom stereocenters. The minimum atomic E-state index is -4.36. The Labute approximate surface area is 231 Å². The first-order valence-corrected chi connectivity index (χ1v) is 12.1. The number of halogens is 3. The fourth-order valence-corrected chi connectivity index (χ4v) is 4.13. The van der Waals surface area contributed by atoms with Gasteiger partial charge in [0.05, 0.1) is 35.9 Å². The molecule has 41 heavy (non-hydrogen) atoms. The number of methoxy groups -OCH3 is 1. The first-order valence-electron chi connectivity index (χ1n) is 12.1. The summed E-state index contributed by atoms with van der Waals surface area (Å²) in [5, 5.41) is 20.1. The maximum absolute atomic E-state index is 12.5. The highest BCUT2D eigenvalue weighted by atomic mass is 19.4. The van der Waals surface area contributed by atoms with E-state index in [1.165, 1.54) is 18.3 Å². The number of aliphatic imine (C=N–C) groups is 1. The molecule has 0 fully saturated rings. The second-order valence-electron chi connectivity index (χ2n) is 8.59. The number of anilines is 3. The lowest BCUT2D eigenvalue weighted by Gasteiger charge is -2.19. The molecule has 4 N–H and O–H groups in total. The van der Waals surface area contributed by atoms with Crippen LogP contribution in [0.1, 0.15) is 11.1 Å². The van der Waals surface area contributed by atoms with Crippen molar-refractivity contribution in [3.63, 3.8) is 0 Å². The summed E-state index contributed by atoms with van der Waals surface area (Å²) in [6.07, 6.45) is 0.336. The Morgan fingerprint density at radius 3 is 2.56 bits per heavy atom. The van der Waals surface area contributed by atoms with Crippen LogP contribution in [0.15, 0.2) is 90.4 Å². The molecule has 3 aromatic heterocycles. The molecule has 0 radical (unpaired) electrons. The van der Waals surface area contributed by atoms with Gasteiger partial charge in [-0.05, 0) is 54.6 Å². The Bertz CT molecular complexity index is 1670. The number of benzene rings is 2. The van der Waals surface area contributed by atoms with Gasteiger partial charge in [-0.25, -0.2) is 25.0 Å². The molecule has 0 spiro atoms. The second-order valence-corrected chi connectivity index (χ2v) is 8.59. The molecule has 210 valence electrons. The van der Waals surface area contributed by atoms with E-state index in [9.17, 15) is 23.6 Å². The second kappa shape index (κ2) is 11.5. The minimum Gasteiger partial charge on any atom is -0.497 e. The van der Waals surface area contributed by atoms with Crippen LogP contribution in [0.2, 0.25) is 0 Å². The molecule has 0 saturated heterocycles. The topological polar surface area (TPSA) is 135 Å². The molecule has 14 heteroatoms. The Morgan fingerprint density at radius 2 is 1.83 bits per heavy atom.